The molecule has 102 valence electrons. The van der Waals surface area contributed by atoms with E-state index in [9.17, 15) is 0 Å². The van der Waals surface area contributed by atoms with Gasteiger partial charge in [-0.2, -0.15) is 0 Å². The van der Waals surface area contributed by atoms with Crippen LogP contribution in [0.4, 0.5) is 0 Å². The Kier molecular flexibility index (Phi) is 4.31. The first-order valence-corrected chi connectivity index (χ1v) is 7.14. The standard InChI is InChI=1S/C15H17NO.C2H6/c1-10-2-7-14-12(8-10)4-3-11-5-6-13(16)9-15(11)17-14;1-2/h2,5-9,11,15H,3-4,16H2,1H3;1-2H3. The molecule has 2 unspecified atom stereocenters. The molecule has 0 radical (unpaired) electrons. The van der Waals surface area contributed by atoms with Crippen LogP contribution in [0.3, 0.4) is 0 Å². The number of nitrogens with two attached hydrogens (primary N) is 1. The zero-order chi connectivity index (χ0) is 13.8. The summed E-state index contributed by atoms with van der Waals surface area (Å²) in [4.78, 5) is 0. The van der Waals surface area contributed by atoms with Gasteiger partial charge in [0.2, 0.25) is 0 Å². The maximum atomic E-state index is 6.08. The lowest BCUT2D eigenvalue weighted by Gasteiger charge is -2.23. The highest BCUT2D eigenvalue weighted by molar-refractivity contribution is 5.39. The average molecular weight is 257 g/mol. The minimum atomic E-state index is 0.101. The fourth-order valence-electron chi connectivity index (χ4n) is 2.58. The van der Waals surface area contributed by atoms with E-state index in [-0.39, 0.29) is 6.10 Å². The lowest BCUT2D eigenvalue weighted by molar-refractivity contribution is 0.204. The SMILES string of the molecule is CC.Cc1ccc2c(c1)CCC1C=CC(N)=CC1O2. The Morgan fingerprint density at radius 1 is 1.26 bits per heavy atom. The van der Waals surface area contributed by atoms with E-state index in [0.29, 0.717) is 5.92 Å². The molecule has 2 N–H and O–H groups in total. The third kappa shape index (κ3) is 3.01. The quantitative estimate of drug-likeness (QED) is 0.768. The summed E-state index contributed by atoms with van der Waals surface area (Å²) in [6.07, 6.45) is 8.51. The fourth-order valence-corrected chi connectivity index (χ4v) is 2.58. The zero-order valence-corrected chi connectivity index (χ0v) is 12.0. The normalized spacial score (nSPS) is 23.8. The lowest BCUT2D eigenvalue weighted by atomic mass is 9.91. The predicted octanol–water partition coefficient (Wildman–Crippen LogP) is 3.74. The fraction of sp³-hybridized carbons (Fsp3) is 0.412. The van der Waals surface area contributed by atoms with Crippen LogP contribution in [-0.2, 0) is 6.42 Å². The Balaban J connectivity index is 0.000000637. The minimum Gasteiger partial charge on any atom is -0.485 e. The first-order chi connectivity index (χ1) is 9.22. The summed E-state index contributed by atoms with van der Waals surface area (Å²) in [7, 11) is 0. The first kappa shape index (κ1) is 13.7. The molecule has 19 heavy (non-hydrogen) atoms. The minimum absolute atomic E-state index is 0.101. The second-order valence-electron chi connectivity index (χ2n) is 4.92. The van der Waals surface area contributed by atoms with Crippen LogP contribution in [0.1, 0.15) is 31.4 Å². The predicted molar refractivity (Wildman–Crippen MR) is 80.2 cm³/mol. The molecule has 0 amide bonds. The van der Waals surface area contributed by atoms with Gasteiger partial charge in [0.15, 0.2) is 0 Å². The van der Waals surface area contributed by atoms with Crippen molar-refractivity contribution in [2.45, 2.75) is 39.7 Å². The van der Waals surface area contributed by atoms with E-state index in [2.05, 4.69) is 31.2 Å². The van der Waals surface area contributed by atoms with Crippen molar-refractivity contribution in [2.75, 3.05) is 0 Å². The van der Waals surface area contributed by atoms with Crippen molar-refractivity contribution in [1.29, 1.82) is 0 Å². The molecule has 1 aliphatic carbocycles. The number of hydrogen-bond acceptors (Lipinski definition) is 2. The number of rotatable bonds is 0. The Hall–Kier alpha value is -1.70. The van der Waals surface area contributed by atoms with Crippen molar-refractivity contribution in [2.24, 2.45) is 11.7 Å². The molecular formula is C17H23NO. The van der Waals surface area contributed by atoms with E-state index in [4.69, 9.17) is 10.5 Å². The number of hydrogen-bond donors (Lipinski definition) is 1. The molecule has 0 saturated carbocycles. The summed E-state index contributed by atoms with van der Waals surface area (Å²) in [6, 6.07) is 6.41. The summed E-state index contributed by atoms with van der Waals surface area (Å²) >= 11 is 0. The van der Waals surface area contributed by atoms with Gasteiger partial charge >= 0.3 is 0 Å². The second kappa shape index (κ2) is 5.96. The molecule has 1 heterocycles. The molecule has 2 nitrogen and oxygen atoms in total. The van der Waals surface area contributed by atoms with E-state index < -0.39 is 0 Å². The summed E-state index contributed by atoms with van der Waals surface area (Å²) in [6.45, 7) is 6.12. The van der Waals surface area contributed by atoms with Crippen molar-refractivity contribution in [3.8, 4) is 5.75 Å². The molecule has 0 aromatic heterocycles. The third-order valence-corrected chi connectivity index (χ3v) is 3.54. The molecule has 2 atom stereocenters. The summed E-state index contributed by atoms with van der Waals surface area (Å²) in [5.74, 6) is 1.47. The molecule has 1 aliphatic heterocycles. The van der Waals surface area contributed by atoms with Gasteiger partial charge in [0.1, 0.15) is 11.9 Å². The van der Waals surface area contributed by atoms with Crippen LogP contribution in [0.2, 0.25) is 0 Å². The smallest absolute Gasteiger partial charge is 0.125 e. The van der Waals surface area contributed by atoms with Gasteiger partial charge in [0.05, 0.1) is 0 Å². The van der Waals surface area contributed by atoms with Crippen molar-refractivity contribution >= 4 is 0 Å². The average Bonchev–Trinajstić information content (AvgIpc) is 2.59. The van der Waals surface area contributed by atoms with Gasteiger partial charge in [-0.25, -0.2) is 0 Å². The maximum absolute atomic E-state index is 6.08. The number of aryl methyl sites for hydroxylation is 2. The molecule has 2 aliphatic rings. The van der Waals surface area contributed by atoms with Gasteiger partial charge in [0.25, 0.3) is 0 Å². The van der Waals surface area contributed by atoms with E-state index in [1.807, 2.05) is 26.0 Å². The number of benzene rings is 1. The van der Waals surface area contributed by atoms with E-state index in [1.54, 1.807) is 0 Å². The molecule has 0 bridgehead atoms. The number of allylic oxidation sites excluding steroid dienone is 1. The van der Waals surface area contributed by atoms with Crippen LogP contribution < -0.4 is 10.5 Å². The maximum Gasteiger partial charge on any atom is 0.125 e. The van der Waals surface area contributed by atoms with Crippen LogP contribution in [0.25, 0.3) is 0 Å². The van der Waals surface area contributed by atoms with Crippen LogP contribution in [-0.4, -0.2) is 6.10 Å². The van der Waals surface area contributed by atoms with Crippen molar-refractivity contribution in [3.63, 3.8) is 0 Å². The van der Waals surface area contributed by atoms with Crippen LogP contribution in [0.5, 0.6) is 5.75 Å². The Labute approximate surface area is 116 Å². The highest BCUT2D eigenvalue weighted by atomic mass is 16.5. The Morgan fingerprint density at radius 3 is 2.84 bits per heavy atom. The van der Waals surface area contributed by atoms with Crippen molar-refractivity contribution in [1.82, 2.24) is 0 Å². The highest BCUT2D eigenvalue weighted by Gasteiger charge is 2.26. The molecule has 0 saturated heterocycles. The number of ether oxygens (including phenoxy) is 1. The highest BCUT2D eigenvalue weighted by Crippen LogP contribution is 2.33. The summed E-state index contributed by atoms with van der Waals surface area (Å²) in [5.41, 5.74) is 9.25. The van der Waals surface area contributed by atoms with Gasteiger partial charge in [-0.1, -0.05) is 37.6 Å². The molecule has 2 heteroatoms. The van der Waals surface area contributed by atoms with Crippen LogP contribution >= 0.6 is 0 Å². The zero-order valence-electron chi connectivity index (χ0n) is 12.0. The molecular weight excluding hydrogens is 234 g/mol. The monoisotopic (exact) mass is 257 g/mol. The second-order valence-corrected chi connectivity index (χ2v) is 4.92. The van der Waals surface area contributed by atoms with Gasteiger partial charge in [-0.15, -0.1) is 0 Å². The molecule has 0 spiro atoms. The Bertz CT molecular complexity index is 502. The van der Waals surface area contributed by atoms with Crippen molar-refractivity contribution < 1.29 is 4.74 Å². The largest absolute Gasteiger partial charge is 0.485 e. The summed E-state index contributed by atoms with van der Waals surface area (Å²) in [5, 5.41) is 0. The summed E-state index contributed by atoms with van der Waals surface area (Å²) < 4.78 is 6.08. The Morgan fingerprint density at radius 2 is 2.05 bits per heavy atom. The van der Waals surface area contributed by atoms with Crippen LogP contribution in [0, 0.1) is 12.8 Å². The van der Waals surface area contributed by atoms with Gasteiger partial charge in [-0.05, 0) is 43.5 Å². The third-order valence-electron chi connectivity index (χ3n) is 3.54. The van der Waals surface area contributed by atoms with E-state index in [1.165, 1.54) is 11.1 Å². The molecule has 0 fully saturated rings. The molecule has 1 aromatic carbocycles. The van der Waals surface area contributed by atoms with Crippen molar-refractivity contribution in [3.05, 3.63) is 53.3 Å². The van der Waals surface area contributed by atoms with E-state index in [0.717, 1.165) is 24.3 Å². The van der Waals surface area contributed by atoms with Crippen LogP contribution in [0.15, 0.2) is 42.1 Å². The molecule has 1 aromatic rings. The number of fused-ring (bicyclic) bond motifs is 2. The molecule has 3 rings (SSSR count). The first-order valence-electron chi connectivity index (χ1n) is 7.14. The van der Waals surface area contributed by atoms with Gasteiger partial charge < -0.3 is 10.5 Å². The van der Waals surface area contributed by atoms with Gasteiger partial charge in [-0.3, -0.25) is 0 Å². The van der Waals surface area contributed by atoms with E-state index >= 15 is 0 Å². The topological polar surface area (TPSA) is 35.2 Å². The lowest BCUT2D eigenvalue weighted by Crippen LogP contribution is -2.26. The van der Waals surface area contributed by atoms with Gasteiger partial charge in [0, 0.05) is 11.6 Å².